The third kappa shape index (κ3) is 14.5. The molecule has 0 spiro atoms. The number of guanidine groups is 2. The van der Waals surface area contributed by atoms with E-state index in [2.05, 4.69) is 38.8 Å². The highest BCUT2D eigenvalue weighted by Gasteiger charge is 2.28. The molecule has 16 nitrogen and oxygen atoms in total. The van der Waals surface area contributed by atoms with Crippen molar-refractivity contribution >= 4 is 113 Å². The first-order valence-electron chi connectivity index (χ1n) is 18.8. The maximum Gasteiger partial charge on any atom is 0.264 e. The normalized spacial score (nSPS) is 18.1. The molecule has 0 saturated heterocycles. The van der Waals surface area contributed by atoms with Crippen molar-refractivity contribution in [3.63, 3.8) is 0 Å². The predicted molar refractivity (Wildman–Crippen MR) is 242 cm³/mol. The number of alkyl halides is 2. The Hall–Kier alpha value is -3.68. The Kier molecular flexibility index (Phi) is 20.9. The van der Waals surface area contributed by atoms with Gasteiger partial charge in [-0.15, -0.1) is 35.6 Å². The van der Waals surface area contributed by atoms with Crippen molar-refractivity contribution in [3.8, 4) is 0 Å². The smallest absolute Gasteiger partial charge is 0.264 e. The van der Waals surface area contributed by atoms with Crippen molar-refractivity contribution in [1.82, 2.24) is 14.7 Å². The zero-order chi connectivity index (χ0) is 43.2. The van der Waals surface area contributed by atoms with E-state index in [1.54, 1.807) is 38.0 Å². The summed E-state index contributed by atoms with van der Waals surface area (Å²) in [5, 5.41) is 12.0. The van der Waals surface area contributed by atoms with Crippen LogP contribution in [0.1, 0.15) is 65.5 Å². The number of nitrogens with one attached hydrogen (secondary N) is 1. The topological polar surface area (TPSA) is 203 Å². The second-order valence-corrected chi connectivity index (χ2v) is 18.3. The molecule has 2 amide bonds. The van der Waals surface area contributed by atoms with Gasteiger partial charge in [-0.3, -0.25) is 19.6 Å². The van der Waals surface area contributed by atoms with E-state index < -0.39 is 19.1 Å². The molecule has 0 bridgehead atoms. The maximum absolute atomic E-state index is 12.9. The molecule has 3 N–H and O–H groups in total. The van der Waals surface area contributed by atoms with Crippen molar-refractivity contribution in [2.45, 2.75) is 77.0 Å². The monoisotopic (exact) mass is 938 g/mol. The molecular weight excluding hydrogens is 886 g/mol. The minimum atomic E-state index is -3.80. The number of anilines is 2. The lowest BCUT2D eigenvalue weighted by Gasteiger charge is -2.19. The summed E-state index contributed by atoms with van der Waals surface area (Å²) >= 11 is 9.53. The van der Waals surface area contributed by atoms with Gasteiger partial charge < -0.3 is 15.5 Å². The number of hydrogen-bond acceptors (Lipinski definition) is 10. The molecule has 328 valence electrons. The van der Waals surface area contributed by atoms with Crippen LogP contribution in [0.4, 0.5) is 11.4 Å². The highest BCUT2D eigenvalue weighted by atomic mass is 35.7. The van der Waals surface area contributed by atoms with Crippen LogP contribution in [0.5, 0.6) is 0 Å². The van der Waals surface area contributed by atoms with E-state index in [0.717, 1.165) is 41.9 Å². The van der Waals surface area contributed by atoms with E-state index in [0.29, 0.717) is 57.4 Å². The summed E-state index contributed by atoms with van der Waals surface area (Å²) in [6.07, 6.45) is 7.12. The molecule has 2 atom stereocenters. The molecule has 22 heteroatoms. The molecule has 2 aromatic rings. The first-order chi connectivity index (χ1) is 27.4. The lowest BCUT2D eigenvalue weighted by atomic mass is 10.1. The summed E-state index contributed by atoms with van der Waals surface area (Å²) in [6, 6.07) is 9.42. The molecule has 0 aromatic heterocycles. The van der Waals surface area contributed by atoms with Gasteiger partial charge in [-0.05, 0) is 87.1 Å². The minimum absolute atomic E-state index is 0. The summed E-state index contributed by atoms with van der Waals surface area (Å²) in [7, 11) is -2.24. The van der Waals surface area contributed by atoms with E-state index in [4.69, 9.17) is 39.6 Å². The van der Waals surface area contributed by atoms with Crippen LogP contribution in [0.15, 0.2) is 66.4 Å². The third-order valence-corrected chi connectivity index (χ3v) is 12.0. The Labute approximate surface area is 368 Å². The molecule has 6 rings (SSSR count). The number of rotatable bonds is 7. The number of nitrogens with zero attached hydrogens (tertiary/aromatic N) is 8. The number of nitrogens with two attached hydrogens (primary N) is 1. The minimum Gasteiger partial charge on any atom is -0.368 e. The number of benzene rings is 2. The Morgan fingerprint density at radius 3 is 1.64 bits per heavy atom. The average Bonchev–Trinajstić information content (AvgIpc) is 4.00. The largest absolute Gasteiger partial charge is 0.368 e. The molecule has 4 heterocycles. The first-order valence-corrected chi connectivity index (χ1v) is 23.7. The molecule has 0 fully saturated rings. The Balaban J connectivity index is 0.000000319. The summed E-state index contributed by atoms with van der Waals surface area (Å²) in [4.78, 5) is 34.8. The first kappa shape index (κ1) is 51.5. The van der Waals surface area contributed by atoms with Gasteiger partial charge in [-0.2, -0.15) is 10.2 Å². The third-order valence-electron chi connectivity index (χ3n) is 9.31. The van der Waals surface area contributed by atoms with Gasteiger partial charge in [0.2, 0.25) is 23.7 Å². The van der Waals surface area contributed by atoms with Crippen LogP contribution in [-0.4, -0.2) is 108 Å². The number of carbonyl (C=O) groups is 2. The average molecular weight is 941 g/mol. The molecule has 4 aliphatic heterocycles. The number of amides is 2. The molecule has 0 radical (unpaired) electrons. The number of carbonyl (C=O) groups excluding carboxylic acids is 2. The van der Waals surface area contributed by atoms with Crippen LogP contribution >= 0.6 is 46.3 Å². The molecule has 2 aromatic carbocycles. The van der Waals surface area contributed by atoms with E-state index in [1.807, 2.05) is 26.3 Å². The Morgan fingerprint density at radius 2 is 1.22 bits per heavy atom. The van der Waals surface area contributed by atoms with Crippen molar-refractivity contribution in [3.05, 3.63) is 47.5 Å². The van der Waals surface area contributed by atoms with Crippen molar-refractivity contribution in [1.29, 1.82) is 0 Å². The van der Waals surface area contributed by atoms with Crippen LogP contribution in [0.3, 0.4) is 0 Å². The second-order valence-electron chi connectivity index (χ2n) is 13.2. The maximum atomic E-state index is 12.9. The quantitative estimate of drug-likeness (QED) is 0.154. The van der Waals surface area contributed by atoms with Gasteiger partial charge in [0.15, 0.2) is 0 Å². The highest BCUT2D eigenvalue weighted by molar-refractivity contribution is 8.13. The Morgan fingerprint density at radius 1 is 0.780 bits per heavy atom. The van der Waals surface area contributed by atoms with Crippen LogP contribution in [0, 0.1) is 11.8 Å². The van der Waals surface area contributed by atoms with E-state index in [-0.39, 0.29) is 51.2 Å². The van der Waals surface area contributed by atoms with Crippen LogP contribution in [-0.2, 0) is 41.5 Å². The molecular formula is C37H54Cl4N10O6S2. The molecule has 0 aliphatic carbocycles. The SMILES string of the molecule is CC(=O)N1CCc2cc(S(=O)(=O)Cl)ccc21.CCN=C(N)N1CC(CC)C=N1.CCN=C(NS(=O)(=O)c1ccc2c(c1)CCN2C(C)=O)N1CC(CC)C=N1.Cl.ClCCl. The van der Waals surface area contributed by atoms with Gasteiger partial charge in [0.25, 0.3) is 19.1 Å². The molecule has 0 saturated carbocycles. The second kappa shape index (κ2) is 23.9. The lowest BCUT2D eigenvalue weighted by Crippen LogP contribution is -2.41. The standard InChI is InChI=1S/C18H25N5O3S.C10H10ClNO3S.C8H16N4.CH2Cl2.ClH/c1-4-14-11-20-23(12-14)18(19-5-2)21-27(25,26)16-6-7-17-15(10-16)8-9-22(17)13(3)24;1-7(13)12-5-4-8-6-9(16(11,14)15)2-3-10(8)12;1-3-7-5-11-12(6-7)8(9)10-4-2;2-1-3;/h6-7,10-11,14H,4-5,8-9,12H2,1-3H3,(H,19,21);2-3,6H,4-5H2,1H3;5,7H,3-4,6H2,1-2H3,(H2,9,10);1H2;1H. The zero-order valence-corrected chi connectivity index (χ0v) is 38.7. The molecule has 2 unspecified atom stereocenters. The predicted octanol–water partition coefficient (Wildman–Crippen LogP) is 5.59. The lowest BCUT2D eigenvalue weighted by molar-refractivity contribution is -0.117. The van der Waals surface area contributed by atoms with Gasteiger partial charge in [0.05, 0.1) is 28.2 Å². The number of hydrazone groups is 2. The van der Waals surface area contributed by atoms with Gasteiger partial charge in [0.1, 0.15) is 0 Å². The number of sulfonamides is 1. The van der Waals surface area contributed by atoms with Crippen LogP contribution < -0.4 is 20.3 Å². The summed E-state index contributed by atoms with van der Waals surface area (Å²) in [5.41, 5.74) is 8.92. The summed E-state index contributed by atoms with van der Waals surface area (Å²) in [6.45, 7) is 14.8. The summed E-state index contributed by atoms with van der Waals surface area (Å²) < 4.78 is 50.6. The fourth-order valence-electron chi connectivity index (χ4n) is 6.21. The number of halogens is 4. The highest BCUT2D eigenvalue weighted by Crippen LogP contribution is 2.32. The van der Waals surface area contributed by atoms with Crippen LogP contribution in [0.2, 0.25) is 0 Å². The van der Waals surface area contributed by atoms with Gasteiger partial charge in [-0.1, -0.05) is 13.8 Å². The number of fused-ring (bicyclic) bond motifs is 2. The molecule has 59 heavy (non-hydrogen) atoms. The summed E-state index contributed by atoms with van der Waals surface area (Å²) in [5.74, 6) is 1.50. The van der Waals surface area contributed by atoms with Crippen molar-refractivity contribution in [2.75, 3.05) is 54.4 Å². The van der Waals surface area contributed by atoms with Gasteiger partial charge in [0, 0.05) is 86.3 Å². The zero-order valence-electron chi connectivity index (χ0n) is 34.0. The van der Waals surface area contributed by atoms with Gasteiger partial charge >= 0.3 is 0 Å². The number of aliphatic imine (C=N–C) groups is 2. The van der Waals surface area contributed by atoms with E-state index in [9.17, 15) is 26.4 Å². The fourth-order valence-corrected chi connectivity index (χ4v) is 8.09. The van der Waals surface area contributed by atoms with Gasteiger partial charge in [-0.25, -0.2) is 31.6 Å². The van der Waals surface area contributed by atoms with E-state index in [1.165, 1.54) is 32.0 Å². The number of hydrogen-bond donors (Lipinski definition) is 2. The Bertz CT molecular complexity index is 2110. The van der Waals surface area contributed by atoms with E-state index >= 15 is 0 Å². The van der Waals surface area contributed by atoms with Crippen molar-refractivity contribution < 1.29 is 26.4 Å². The fraction of sp³-hybridized carbons (Fsp3) is 0.514. The van der Waals surface area contributed by atoms with Crippen molar-refractivity contribution in [2.24, 2.45) is 37.8 Å². The molecule has 4 aliphatic rings. The van der Waals surface area contributed by atoms with Crippen LogP contribution in [0.25, 0.3) is 0 Å².